The lowest BCUT2D eigenvalue weighted by molar-refractivity contribution is 0.128. The van der Waals surface area contributed by atoms with Crippen LogP contribution in [0.1, 0.15) is 30.4 Å². The molecule has 2 heterocycles. The topological polar surface area (TPSA) is 70.7 Å². The summed E-state index contributed by atoms with van der Waals surface area (Å²) in [6.07, 6.45) is 6.05. The van der Waals surface area contributed by atoms with Crippen LogP contribution in [-0.2, 0) is 23.0 Å². The van der Waals surface area contributed by atoms with Gasteiger partial charge in [0, 0.05) is 25.3 Å². The summed E-state index contributed by atoms with van der Waals surface area (Å²) in [5.41, 5.74) is 4.29. The first-order valence-electron chi connectivity index (χ1n) is 10.9. The van der Waals surface area contributed by atoms with E-state index in [2.05, 4.69) is 33.1 Å². The van der Waals surface area contributed by atoms with Crippen molar-refractivity contribution in [1.29, 1.82) is 0 Å². The minimum Gasteiger partial charge on any atom is -0.495 e. The van der Waals surface area contributed by atoms with Crippen LogP contribution in [0.25, 0.3) is 21.5 Å². The van der Waals surface area contributed by atoms with Gasteiger partial charge in [-0.3, -0.25) is 9.62 Å². The van der Waals surface area contributed by atoms with Crippen molar-refractivity contribution in [3.8, 4) is 5.75 Å². The summed E-state index contributed by atoms with van der Waals surface area (Å²) in [5.74, 6) is 0.827. The van der Waals surface area contributed by atoms with E-state index in [1.54, 1.807) is 7.11 Å². The van der Waals surface area contributed by atoms with Gasteiger partial charge in [-0.05, 0) is 82.7 Å². The minimum atomic E-state index is -3.35. The maximum atomic E-state index is 11.8. The van der Waals surface area contributed by atoms with Crippen molar-refractivity contribution < 1.29 is 13.2 Å². The Morgan fingerprint density at radius 1 is 1.03 bits per heavy atom. The van der Waals surface area contributed by atoms with Crippen molar-refractivity contribution in [1.82, 2.24) is 4.90 Å². The average molecular weight is 440 g/mol. The smallest absolute Gasteiger partial charge is 0.229 e. The molecule has 0 saturated carbocycles. The molecule has 1 atom stereocenters. The lowest BCUT2D eigenvalue weighted by atomic mass is 9.82. The largest absolute Gasteiger partial charge is 0.495 e. The Morgan fingerprint density at radius 3 is 2.58 bits per heavy atom. The standard InChI is InChI=1S/C24H29N3O3S/c1-25-23-12-20-18-10-15(26-31(3,28)29)7-8-17(18)22-14-27-9-5-4-6-16(27)11-19(22)21(20)13-24(23)30-2/h7-8,10,12-13,16,25-26H,4-6,9,11,14H2,1-3H3. The minimum absolute atomic E-state index is 0.588. The number of methoxy groups -OCH3 is 1. The quantitative estimate of drug-likeness (QED) is 0.593. The first-order valence-corrected chi connectivity index (χ1v) is 12.8. The molecule has 0 radical (unpaired) electrons. The molecule has 7 heteroatoms. The molecule has 3 aromatic carbocycles. The number of nitrogens with one attached hydrogen (secondary N) is 2. The van der Waals surface area contributed by atoms with E-state index in [0.717, 1.165) is 41.7 Å². The SMILES string of the molecule is CNc1cc2c(cc1OC)c1c(c3ccc(NS(C)(=O)=O)cc32)CN2CCCCC2C1. The third-order valence-corrected chi connectivity index (χ3v) is 7.39. The van der Waals surface area contributed by atoms with Gasteiger partial charge < -0.3 is 10.1 Å². The molecule has 164 valence electrons. The molecule has 1 fully saturated rings. The number of anilines is 2. The van der Waals surface area contributed by atoms with Gasteiger partial charge in [0.25, 0.3) is 0 Å². The van der Waals surface area contributed by atoms with Gasteiger partial charge in [-0.2, -0.15) is 0 Å². The maximum Gasteiger partial charge on any atom is 0.229 e. The fourth-order valence-corrected chi connectivity index (χ4v) is 5.96. The van der Waals surface area contributed by atoms with Crippen LogP contribution in [0.15, 0.2) is 30.3 Å². The van der Waals surface area contributed by atoms with Crippen molar-refractivity contribution in [2.45, 2.75) is 38.3 Å². The second kappa shape index (κ2) is 7.57. The van der Waals surface area contributed by atoms with Crippen LogP contribution in [0.3, 0.4) is 0 Å². The molecule has 5 rings (SSSR count). The molecular formula is C24H29N3O3S. The first kappa shape index (κ1) is 20.4. The van der Waals surface area contributed by atoms with Gasteiger partial charge in [-0.1, -0.05) is 12.5 Å². The molecule has 6 nitrogen and oxygen atoms in total. The summed E-state index contributed by atoms with van der Waals surface area (Å²) in [6.45, 7) is 2.10. The number of nitrogens with zero attached hydrogens (tertiary/aromatic N) is 1. The van der Waals surface area contributed by atoms with E-state index >= 15 is 0 Å². The van der Waals surface area contributed by atoms with Crippen molar-refractivity contribution in [3.05, 3.63) is 41.5 Å². The molecule has 2 N–H and O–H groups in total. The van der Waals surface area contributed by atoms with E-state index < -0.39 is 10.0 Å². The summed E-state index contributed by atoms with van der Waals surface area (Å²) in [4.78, 5) is 2.62. The summed E-state index contributed by atoms with van der Waals surface area (Å²) >= 11 is 0. The van der Waals surface area contributed by atoms with Crippen LogP contribution in [-0.4, -0.2) is 46.3 Å². The summed E-state index contributed by atoms with van der Waals surface area (Å²) in [6, 6.07) is 10.8. The normalized spacial score (nSPS) is 19.1. The van der Waals surface area contributed by atoms with Gasteiger partial charge in [-0.25, -0.2) is 8.42 Å². The number of benzene rings is 3. The third-order valence-electron chi connectivity index (χ3n) is 6.79. The predicted octanol–water partition coefficient (Wildman–Crippen LogP) is 4.33. The Balaban J connectivity index is 1.82. The number of sulfonamides is 1. The molecule has 2 aliphatic rings. The Hall–Kier alpha value is -2.51. The number of ether oxygens (including phenoxy) is 1. The van der Waals surface area contributed by atoms with Crippen LogP contribution >= 0.6 is 0 Å². The number of piperidine rings is 1. The highest BCUT2D eigenvalue weighted by molar-refractivity contribution is 7.92. The second-order valence-corrected chi connectivity index (χ2v) is 10.5. The highest BCUT2D eigenvalue weighted by Gasteiger charge is 2.31. The summed E-state index contributed by atoms with van der Waals surface area (Å²) in [7, 11) is 0.244. The molecule has 0 aliphatic carbocycles. The maximum absolute atomic E-state index is 11.8. The van der Waals surface area contributed by atoms with E-state index in [-0.39, 0.29) is 0 Å². The van der Waals surface area contributed by atoms with Crippen LogP contribution in [0.5, 0.6) is 5.75 Å². The van der Waals surface area contributed by atoms with Crippen molar-refractivity contribution in [2.24, 2.45) is 0 Å². The molecule has 1 unspecified atom stereocenters. The third kappa shape index (κ3) is 3.59. The fraction of sp³-hybridized carbons (Fsp3) is 0.417. The number of fused-ring (bicyclic) bond motifs is 7. The molecule has 0 amide bonds. The van der Waals surface area contributed by atoms with E-state index in [1.165, 1.54) is 47.4 Å². The molecule has 1 saturated heterocycles. The Kier molecular flexibility index (Phi) is 4.98. The van der Waals surface area contributed by atoms with Gasteiger partial charge in [0.1, 0.15) is 5.75 Å². The summed E-state index contributed by atoms with van der Waals surface area (Å²) in [5, 5.41) is 7.84. The van der Waals surface area contributed by atoms with Crippen molar-refractivity contribution >= 4 is 42.9 Å². The molecule has 31 heavy (non-hydrogen) atoms. The number of hydrogen-bond acceptors (Lipinski definition) is 5. The zero-order valence-electron chi connectivity index (χ0n) is 18.3. The average Bonchev–Trinajstić information content (AvgIpc) is 2.76. The highest BCUT2D eigenvalue weighted by Crippen LogP contribution is 2.43. The van der Waals surface area contributed by atoms with E-state index in [1.807, 2.05) is 19.2 Å². The molecular weight excluding hydrogens is 410 g/mol. The van der Waals surface area contributed by atoms with E-state index in [4.69, 9.17) is 4.74 Å². The van der Waals surface area contributed by atoms with E-state index in [9.17, 15) is 8.42 Å². The fourth-order valence-electron chi connectivity index (χ4n) is 5.40. The van der Waals surface area contributed by atoms with Crippen LogP contribution in [0.2, 0.25) is 0 Å². The first-order chi connectivity index (χ1) is 14.9. The molecule has 2 aliphatic heterocycles. The molecule has 0 spiro atoms. The van der Waals surface area contributed by atoms with Gasteiger partial charge in [0.05, 0.1) is 19.1 Å². The van der Waals surface area contributed by atoms with Gasteiger partial charge in [-0.15, -0.1) is 0 Å². The Labute approximate surface area is 183 Å². The molecule has 0 aromatic heterocycles. The van der Waals surface area contributed by atoms with Crippen LogP contribution in [0, 0.1) is 0 Å². The Bertz CT molecular complexity index is 1290. The highest BCUT2D eigenvalue weighted by atomic mass is 32.2. The van der Waals surface area contributed by atoms with Gasteiger partial charge >= 0.3 is 0 Å². The molecule has 3 aromatic rings. The summed E-state index contributed by atoms with van der Waals surface area (Å²) < 4.78 is 32.0. The van der Waals surface area contributed by atoms with E-state index in [0.29, 0.717) is 11.7 Å². The van der Waals surface area contributed by atoms with Gasteiger partial charge in [0.2, 0.25) is 10.0 Å². The number of hydrogen-bond donors (Lipinski definition) is 2. The zero-order chi connectivity index (χ0) is 21.8. The Morgan fingerprint density at radius 2 is 1.84 bits per heavy atom. The number of rotatable bonds is 4. The van der Waals surface area contributed by atoms with Crippen molar-refractivity contribution in [2.75, 3.05) is 37.0 Å². The predicted molar refractivity (Wildman–Crippen MR) is 128 cm³/mol. The second-order valence-electron chi connectivity index (χ2n) is 8.76. The van der Waals surface area contributed by atoms with Gasteiger partial charge in [0.15, 0.2) is 0 Å². The lowest BCUT2D eigenvalue weighted by Crippen LogP contribution is -2.43. The lowest BCUT2D eigenvalue weighted by Gasteiger charge is -2.41. The molecule has 0 bridgehead atoms. The van der Waals surface area contributed by atoms with Crippen LogP contribution < -0.4 is 14.8 Å². The van der Waals surface area contributed by atoms with Crippen LogP contribution in [0.4, 0.5) is 11.4 Å². The monoisotopic (exact) mass is 439 g/mol. The zero-order valence-corrected chi connectivity index (χ0v) is 19.1. The van der Waals surface area contributed by atoms with Crippen molar-refractivity contribution in [3.63, 3.8) is 0 Å².